The van der Waals surface area contributed by atoms with Crippen molar-refractivity contribution in [3.8, 4) is 5.75 Å². The standard InChI is InChI=1S/C15H19NO5/c1-20-9-12-4-3-5-16(12)14(17)10-6-11(15(18)19)8-13(7-10)21-2/h6-8,12H,3-5,9H2,1-2H3,(H,18,19). The fraction of sp³-hybridized carbons (Fsp3) is 0.467. The van der Waals surface area contributed by atoms with Crippen LogP contribution < -0.4 is 4.74 Å². The van der Waals surface area contributed by atoms with Crippen molar-refractivity contribution in [1.29, 1.82) is 0 Å². The van der Waals surface area contributed by atoms with Crippen LogP contribution in [0.15, 0.2) is 18.2 Å². The number of methoxy groups -OCH3 is 2. The maximum Gasteiger partial charge on any atom is 0.335 e. The number of carbonyl (C=O) groups excluding carboxylic acids is 1. The van der Waals surface area contributed by atoms with Crippen LogP contribution in [-0.4, -0.2) is 55.3 Å². The number of amides is 1. The Morgan fingerprint density at radius 2 is 2.00 bits per heavy atom. The number of aromatic carboxylic acids is 1. The normalized spacial score (nSPS) is 17.8. The Bertz CT molecular complexity index is 543. The molecule has 21 heavy (non-hydrogen) atoms. The van der Waals surface area contributed by atoms with E-state index in [9.17, 15) is 9.59 Å². The molecule has 1 atom stereocenters. The summed E-state index contributed by atoms with van der Waals surface area (Å²) >= 11 is 0. The Hall–Kier alpha value is -2.08. The third-order valence-electron chi connectivity index (χ3n) is 3.63. The number of benzene rings is 1. The van der Waals surface area contributed by atoms with Gasteiger partial charge in [-0.1, -0.05) is 0 Å². The van der Waals surface area contributed by atoms with Gasteiger partial charge in [0.1, 0.15) is 5.75 Å². The van der Waals surface area contributed by atoms with E-state index in [1.54, 1.807) is 18.1 Å². The summed E-state index contributed by atoms with van der Waals surface area (Å²) in [5, 5.41) is 9.11. The molecule has 1 amide bonds. The number of carboxylic acids is 1. The van der Waals surface area contributed by atoms with Gasteiger partial charge in [-0.25, -0.2) is 4.79 Å². The van der Waals surface area contributed by atoms with Crippen LogP contribution in [-0.2, 0) is 4.74 Å². The highest BCUT2D eigenvalue weighted by Gasteiger charge is 2.29. The molecule has 1 unspecified atom stereocenters. The Morgan fingerprint density at radius 3 is 2.62 bits per heavy atom. The van der Waals surface area contributed by atoms with Crippen molar-refractivity contribution in [2.45, 2.75) is 18.9 Å². The van der Waals surface area contributed by atoms with E-state index in [1.165, 1.54) is 19.2 Å². The van der Waals surface area contributed by atoms with Crippen molar-refractivity contribution in [1.82, 2.24) is 4.90 Å². The van der Waals surface area contributed by atoms with Gasteiger partial charge in [-0.3, -0.25) is 4.79 Å². The third-order valence-corrected chi connectivity index (χ3v) is 3.63. The van der Waals surface area contributed by atoms with E-state index < -0.39 is 5.97 Å². The molecule has 1 heterocycles. The molecule has 1 N–H and O–H groups in total. The van der Waals surface area contributed by atoms with Crippen molar-refractivity contribution >= 4 is 11.9 Å². The topological polar surface area (TPSA) is 76.1 Å². The first-order valence-electron chi connectivity index (χ1n) is 6.79. The molecule has 1 aromatic rings. The van der Waals surface area contributed by atoms with Gasteiger partial charge in [0.15, 0.2) is 0 Å². The summed E-state index contributed by atoms with van der Waals surface area (Å²) in [5.74, 6) is -0.908. The molecule has 1 aliphatic heterocycles. The molecule has 1 aromatic carbocycles. The van der Waals surface area contributed by atoms with E-state index in [0.717, 1.165) is 12.8 Å². The highest BCUT2D eigenvalue weighted by atomic mass is 16.5. The monoisotopic (exact) mass is 293 g/mol. The lowest BCUT2D eigenvalue weighted by Gasteiger charge is -2.24. The Labute approximate surface area is 123 Å². The van der Waals surface area contributed by atoms with Gasteiger partial charge >= 0.3 is 5.97 Å². The zero-order valence-electron chi connectivity index (χ0n) is 12.2. The number of nitrogens with zero attached hydrogens (tertiary/aromatic N) is 1. The number of carbonyl (C=O) groups is 2. The molecular formula is C15H19NO5. The molecule has 6 heteroatoms. The van der Waals surface area contributed by atoms with Gasteiger partial charge in [0.25, 0.3) is 5.91 Å². The minimum Gasteiger partial charge on any atom is -0.497 e. The Balaban J connectivity index is 2.29. The highest BCUT2D eigenvalue weighted by Crippen LogP contribution is 2.23. The van der Waals surface area contributed by atoms with Gasteiger partial charge in [0, 0.05) is 19.2 Å². The first kappa shape index (κ1) is 15.3. The SMILES string of the molecule is COCC1CCCN1C(=O)c1cc(OC)cc(C(=O)O)c1. The smallest absolute Gasteiger partial charge is 0.335 e. The van der Waals surface area contributed by atoms with E-state index in [2.05, 4.69) is 0 Å². The minimum absolute atomic E-state index is 0.0418. The van der Waals surface area contributed by atoms with E-state index >= 15 is 0 Å². The molecule has 0 saturated carbocycles. The Morgan fingerprint density at radius 1 is 1.29 bits per heavy atom. The van der Waals surface area contributed by atoms with Gasteiger partial charge in [0.05, 0.1) is 25.3 Å². The molecule has 0 spiro atoms. The zero-order valence-corrected chi connectivity index (χ0v) is 12.2. The summed E-state index contributed by atoms with van der Waals surface area (Å²) in [4.78, 5) is 25.5. The molecule has 2 rings (SSSR count). The second-order valence-electron chi connectivity index (χ2n) is 5.01. The van der Waals surface area contributed by atoms with Gasteiger partial charge < -0.3 is 19.5 Å². The lowest BCUT2D eigenvalue weighted by atomic mass is 10.1. The van der Waals surface area contributed by atoms with Crippen molar-refractivity contribution in [2.24, 2.45) is 0 Å². The molecular weight excluding hydrogens is 274 g/mol. The first-order valence-corrected chi connectivity index (χ1v) is 6.79. The average molecular weight is 293 g/mol. The lowest BCUT2D eigenvalue weighted by Crippen LogP contribution is -2.38. The van der Waals surface area contributed by atoms with Crippen LogP contribution in [0.5, 0.6) is 5.75 Å². The summed E-state index contributed by atoms with van der Waals surface area (Å²) in [7, 11) is 3.05. The third kappa shape index (κ3) is 3.33. The molecule has 1 fully saturated rings. The molecule has 0 aliphatic carbocycles. The molecule has 0 bridgehead atoms. The Kier molecular flexibility index (Phi) is 4.80. The van der Waals surface area contributed by atoms with Crippen LogP contribution in [0.25, 0.3) is 0 Å². The van der Waals surface area contributed by atoms with E-state index in [4.69, 9.17) is 14.6 Å². The van der Waals surface area contributed by atoms with Crippen LogP contribution in [0.4, 0.5) is 0 Å². The van der Waals surface area contributed by atoms with Gasteiger partial charge in [-0.05, 0) is 31.0 Å². The predicted molar refractivity (Wildman–Crippen MR) is 75.9 cm³/mol. The summed E-state index contributed by atoms with van der Waals surface area (Å²) < 4.78 is 10.2. The minimum atomic E-state index is -1.09. The number of rotatable bonds is 5. The van der Waals surface area contributed by atoms with E-state index in [-0.39, 0.29) is 17.5 Å². The molecule has 114 valence electrons. The highest BCUT2D eigenvalue weighted by molar-refractivity contribution is 5.98. The fourth-order valence-electron chi connectivity index (χ4n) is 2.60. The number of carboxylic acid groups (broad SMARTS) is 1. The van der Waals surface area contributed by atoms with Crippen LogP contribution >= 0.6 is 0 Å². The number of hydrogen-bond acceptors (Lipinski definition) is 4. The molecule has 0 radical (unpaired) electrons. The number of ether oxygens (including phenoxy) is 2. The molecule has 0 aromatic heterocycles. The van der Waals surface area contributed by atoms with Crippen molar-refractivity contribution in [2.75, 3.05) is 27.4 Å². The van der Waals surface area contributed by atoms with Gasteiger partial charge in [0.2, 0.25) is 0 Å². The molecule has 6 nitrogen and oxygen atoms in total. The number of likely N-dealkylation sites (tertiary alicyclic amines) is 1. The van der Waals surface area contributed by atoms with Crippen LogP contribution in [0.3, 0.4) is 0 Å². The quantitative estimate of drug-likeness (QED) is 0.893. The second kappa shape index (κ2) is 6.58. The largest absolute Gasteiger partial charge is 0.497 e. The van der Waals surface area contributed by atoms with Gasteiger partial charge in [-0.2, -0.15) is 0 Å². The van der Waals surface area contributed by atoms with Crippen LogP contribution in [0, 0.1) is 0 Å². The van der Waals surface area contributed by atoms with Crippen molar-refractivity contribution < 1.29 is 24.2 Å². The summed E-state index contributed by atoms with van der Waals surface area (Å²) in [5.41, 5.74) is 0.370. The average Bonchev–Trinajstić information content (AvgIpc) is 2.94. The summed E-state index contributed by atoms with van der Waals surface area (Å²) in [6.07, 6.45) is 1.82. The maximum absolute atomic E-state index is 12.6. The number of hydrogen-bond donors (Lipinski definition) is 1. The van der Waals surface area contributed by atoms with Crippen LogP contribution in [0.1, 0.15) is 33.6 Å². The van der Waals surface area contributed by atoms with E-state index in [0.29, 0.717) is 24.5 Å². The van der Waals surface area contributed by atoms with Gasteiger partial charge in [-0.15, -0.1) is 0 Å². The molecule has 1 saturated heterocycles. The first-order chi connectivity index (χ1) is 10.1. The second-order valence-corrected chi connectivity index (χ2v) is 5.01. The van der Waals surface area contributed by atoms with Crippen molar-refractivity contribution in [3.63, 3.8) is 0 Å². The van der Waals surface area contributed by atoms with Crippen LogP contribution in [0.2, 0.25) is 0 Å². The van der Waals surface area contributed by atoms with Crippen molar-refractivity contribution in [3.05, 3.63) is 29.3 Å². The summed E-state index contributed by atoms with van der Waals surface area (Å²) in [6, 6.07) is 4.39. The predicted octanol–water partition coefficient (Wildman–Crippen LogP) is 1.64. The lowest BCUT2D eigenvalue weighted by molar-refractivity contribution is 0.0630. The molecule has 1 aliphatic rings. The maximum atomic E-state index is 12.6. The summed E-state index contributed by atoms with van der Waals surface area (Å²) in [6.45, 7) is 1.15. The fourth-order valence-corrected chi connectivity index (χ4v) is 2.60. The zero-order chi connectivity index (χ0) is 15.4. The van der Waals surface area contributed by atoms with E-state index in [1.807, 2.05) is 0 Å².